The minimum atomic E-state index is -3.68. The van der Waals surface area contributed by atoms with Gasteiger partial charge in [0, 0.05) is 11.7 Å². The highest BCUT2D eigenvalue weighted by Gasteiger charge is 2.17. The molecule has 1 heterocycles. The predicted molar refractivity (Wildman–Crippen MR) is 93.7 cm³/mol. The van der Waals surface area contributed by atoms with Gasteiger partial charge < -0.3 is 0 Å². The summed E-state index contributed by atoms with van der Waals surface area (Å²) in [5, 5.41) is 0. The standard InChI is InChI=1S/C16H16N2O3S2/c1-11(2)18-14-9-8-13(10-15(14)22-16(18)19)23(20,21)17-12-6-4-3-5-7-12/h3-11,17H,1-2H3. The topological polar surface area (TPSA) is 68.2 Å². The molecule has 0 radical (unpaired) electrons. The molecule has 0 saturated heterocycles. The van der Waals surface area contributed by atoms with Crippen LogP contribution in [0.25, 0.3) is 10.2 Å². The molecule has 0 aliphatic heterocycles. The van der Waals surface area contributed by atoms with Crippen LogP contribution in [0, 0.1) is 0 Å². The lowest BCUT2D eigenvalue weighted by Crippen LogP contribution is -2.15. The quantitative estimate of drug-likeness (QED) is 0.785. The van der Waals surface area contributed by atoms with E-state index in [0.29, 0.717) is 10.4 Å². The SMILES string of the molecule is CC(C)n1c(=O)sc2cc(S(=O)(=O)Nc3ccccc3)ccc21. The molecule has 0 saturated carbocycles. The number of nitrogens with one attached hydrogen (secondary N) is 1. The molecule has 0 spiro atoms. The van der Waals surface area contributed by atoms with Gasteiger partial charge in [0.1, 0.15) is 0 Å². The molecule has 5 nitrogen and oxygen atoms in total. The molecule has 0 aliphatic carbocycles. The van der Waals surface area contributed by atoms with Crippen LogP contribution in [0.15, 0.2) is 58.2 Å². The van der Waals surface area contributed by atoms with Gasteiger partial charge in [-0.15, -0.1) is 0 Å². The van der Waals surface area contributed by atoms with Gasteiger partial charge in [0.05, 0.1) is 15.1 Å². The fraction of sp³-hybridized carbons (Fsp3) is 0.188. The van der Waals surface area contributed by atoms with Crippen molar-refractivity contribution in [1.82, 2.24) is 4.57 Å². The van der Waals surface area contributed by atoms with E-state index in [0.717, 1.165) is 16.9 Å². The second-order valence-corrected chi connectivity index (χ2v) is 8.11. The highest BCUT2D eigenvalue weighted by atomic mass is 32.2. The molecule has 0 aliphatic rings. The maximum absolute atomic E-state index is 12.5. The van der Waals surface area contributed by atoms with Gasteiger partial charge in [-0.2, -0.15) is 0 Å². The average Bonchev–Trinajstić information content (AvgIpc) is 2.82. The number of hydrogen-bond acceptors (Lipinski definition) is 4. The lowest BCUT2D eigenvalue weighted by Gasteiger charge is -2.09. The number of rotatable bonds is 4. The second-order valence-electron chi connectivity index (χ2n) is 5.43. The van der Waals surface area contributed by atoms with Crippen molar-refractivity contribution in [1.29, 1.82) is 0 Å². The number of fused-ring (bicyclic) bond motifs is 1. The summed E-state index contributed by atoms with van der Waals surface area (Å²) < 4.78 is 29.8. The van der Waals surface area contributed by atoms with Crippen molar-refractivity contribution in [3.05, 3.63) is 58.2 Å². The Morgan fingerprint density at radius 1 is 1.09 bits per heavy atom. The van der Waals surface area contributed by atoms with Gasteiger partial charge in [-0.05, 0) is 44.2 Å². The smallest absolute Gasteiger partial charge is 0.296 e. The molecule has 7 heteroatoms. The molecule has 3 aromatic rings. The van der Waals surface area contributed by atoms with E-state index in [4.69, 9.17) is 0 Å². The molecule has 0 unspecified atom stereocenters. The summed E-state index contributed by atoms with van der Waals surface area (Å²) >= 11 is 1.06. The number of aromatic nitrogens is 1. The summed E-state index contributed by atoms with van der Waals surface area (Å²) in [7, 11) is -3.68. The van der Waals surface area contributed by atoms with E-state index in [2.05, 4.69) is 4.72 Å². The maximum atomic E-state index is 12.5. The van der Waals surface area contributed by atoms with E-state index in [-0.39, 0.29) is 15.8 Å². The van der Waals surface area contributed by atoms with Gasteiger partial charge in [0.2, 0.25) is 0 Å². The molecule has 0 bridgehead atoms. The predicted octanol–water partition coefficient (Wildman–Crippen LogP) is 3.44. The Morgan fingerprint density at radius 3 is 2.43 bits per heavy atom. The van der Waals surface area contributed by atoms with Crippen molar-refractivity contribution in [2.75, 3.05) is 4.72 Å². The van der Waals surface area contributed by atoms with Crippen LogP contribution in [-0.4, -0.2) is 13.0 Å². The lowest BCUT2D eigenvalue weighted by atomic mass is 10.3. The van der Waals surface area contributed by atoms with Gasteiger partial charge in [-0.25, -0.2) is 8.42 Å². The first-order valence-corrected chi connectivity index (χ1v) is 9.41. The molecule has 0 atom stereocenters. The van der Waals surface area contributed by atoms with E-state index in [1.54, 1.807) is 41.0 Å². The van der Waals surface area contributed by atoms with Gasteiger partial charge in [0.15, 0.2) is 0 Å². The van der Waals surface area contributed by atoms with Crippen LogP contribution >= 0.6 is 11.3 Å². The fourth-order valence-corrected chi connectivity index (χ4v) is 4.60. The lowest BCUT2D eigenvalue weighted by molar-refractivity contribution is 0.601. The van der Waals surface area contributed by atoms with Crippen LogP contribution in [0.4, 0.5) is 5.69 Å². The number of anilines is 1. The molecule has 120 valence electrons. The monoisotopic (exact) mass is 348 g/mol. The molecule has 23 heavy (non-hydrogen) atoms. The van der Waals surface area contributed by atoms with Gasteiger partial charge >= 0.3 is 4.87 Å². The number of hydrogen-bond donors (Lipinski definition) is 1. The van der Waals surface area contributed by atoms with E-state index < -0.39 is 10.0 Å². The third-order valence-corrected chi connectivity index (χ3v) is 5.73. The maximum Gasteiger partial charge on any atom is 0.308 e. The van der Waals surface area contributed by atoms with Crippen molar-refractivity contribution in [3.63, 3.8) is 0 Å². The van der Waals surface area contributed by atoms with E-state index >= 15 is 0 Å². The minimum absolute atomic E-state index is 0.0288. The Labute approximate surface area is 138 Å². The van der Waals surface area contributed by atoms with E-state index in [9.17, 15) is 13.2 Å². The number of benzene rings is 2. The molecule has 3 rings (SSSR count). The fourth-order valence-electron chi connectivity index (χ4n) is 2.39. The summed E-state index contributed by atoms with van der Waals surface area (Å²) in [6.07, 6.45) is 0. The zero-order chi connectivity index (χ0) is 16.6. The molecular weight excluding hydrogens is 332 g/mol. The van der Waals surface area contributed by atoms with Crippen molar-refractivity contribution in [2.24, 2.45) is 0 Å². The number of sulfonamides is 1. The first-order chi connectivity index (χ1) is 10.9. The first-order valence-electron chi connectivity index (χ1n) is 7.11. The van der Waals surface area contributed by atoms with E-state index in [1.165, 1.54) is 6.07 Å². The van der Waals surface area contributed by atoms with Crippen molar-refractivity contribution < 1.29 is 8.42 Å². The summed E-state index contributed by atoms with van der Waals surface area (Å²) in [6, 6.07) is 13.5. The van der Waals surface area contributed by atoms with Crippen molar-refractivity contribution in [3.8, 4) is 0 Å². The van der Waals surface area contributed by atoms with Crippen LogP contribution < -0.4 is 9.60 Å². The normalized spacial score (nSPS) is 12.0. The van der Waals surface area contributed by atoms with Gasteiger partial charge in [-0.3, -0.25) is 14.1 Å². The zero-order valence-electron chi connectivity index (χ0n) is 12.7. The highest BCUT2D eigenvalue weighted by Crippen LogP contribution is 2.25. The molecule has 0 fully saturated rings. The largest absolute Gasteiger partial charge is 0.308 e. The molecule has 2 aromatic carbocycles. The molecule has 1 N–H and O–H groups in total. The summed E-state index contributed by atoms with van der Waals surface area (Å²) in [6.45, 7) is 3.85. The van der Waals surface area contributed by atoms with Crippen LogP contribution in [0.5, 0.6) is 0 Å². The average molecular weight is 348 g/mol. The number of nitrogens with zero attached hydrogens (tertiary/aromatic N) is 1. The Bertz CT molecular complexity index is 1000. The number of thiazole rings is 1. The van der Waals surface area contributed by atoms with Crippen LogP contribution in [-0.2, 0) is 10.0 Å². The Kier molecular flexibility index (Phi) is 3.99. The van der Waals surface area contributed by atoms with Crippen molar-refractivity contribution >= 4 is 37.3 Å². The molecular formula is C16H16N2O3S2. The van der Waals surface area contributed by atoms with Gasteiger partial charge in [-0.1, -0.05) is 29.5 Å². The third-order valence-electron chi connectivity index (χ3n) is 3.44. The summed E-state index contributed by atoms with van der Waals surface area (Å²) in [5.41, 5.74) is 1.26. The minimum Gasteiger partial charge on any atom is -0.296 e. The van der Waals surface area contributed by atoms with Crippen LogP contribution in [0.3, 0.4) is 0 Å². The summed E-state index contributed by atoms with van der Waals surface area (Å²) in [5.74, 6) is 0. The van der Waals surface area contributed by atoms with Crippen molar-refractivity contribution in [2.45, 2.75) is 24.8 Å². The molecule has 0 amide bonds. The zero-order valence-corrected chi connectivity index (χ0v) is 14.3. The van der Waals surface area contributed by atoms with Gasteiger partial charge in [0.25, 0.3) is 10.0 Å². The van der Waals surface area contributed by atoms with E-state index in [1.807, 2.05) is 19.9 Å². The van der Waals surface area contributed by atoms with Crippen LogP contribution in [0.2, 0.25) is 0 Å². The summed E-state index contributed by atoms with van der Waals surface area (Å²) in [4.78, 5) is 12.1. The van der Waals surface area contributed by atoms with Crippen LogP contribution in [0.1, 0.15) is 19.9 Å². The Morgan fingerprint density at radius 2 is 1.78 bits per heavy atom. The third kappa shape index (κ3) is 3.02. The second kappa shape index (κ2) is 5.82. The Hall–Kier alpha value is -2.12. The first kappa shape index (κ1) is 15.8. The molecule has 1 aromatic heterocycles. The highest BCUT2D eigenvalue weighted by molar-refractivity contribution is 7.92. The Balaban J connectivity index is 2.05. The number of para-hydroxylation sites is 1.